The summed E-state index contributed by atoms with van der Waals surface area (Å²) in [7, 11) is 1.24. The first-order chi connectivity index (χ1) is 17.3. The highest BCUT2D eigenvalue weighted by atomic mass is 79.9. The van der Waals surface area contributed by atoms with E-state index in [0.29, 0.717) is 21.3 Å². The maximum absolute atomic E-state index is 13.4. The van der Waals surface area contributed by atoms with E-state index in [0.717, 1.165) is 4.90 Å². The van der Waals surface area contributed by atoms with Crippen molar-refractivity contribution in [3.63, 3.8) is 0 Å². The lowest BCUT2D eigenvalue weighted by Gasteiger charge is -2.26. The minimum absolute atomic E-state index is 0.142. The number of nitrogens with one attached hydrogen (secondary N) is 1. The molecule has 0 aromatic heterocycles. The zero-order chi connectivity index (χ0) is 25.8. The van der Waals surface area contributed by atoms with Gasteiger partial charge in [0, 0.05) is 0 Å². The molecule has 10 heteroatoms. The molecule has 4 rings (SSSR count). The molecule has 0 aliphatic carbocycles. The summed E-state index contributed by atoms with van der Waals surface area (Å²) in [6.07, 6.45) is 1.35. The summed E-state index contributed by atoms with van der Waals surface area (Å²) < 4.78 is 24.3. The molecule has 1 aliphatic heterocycles. The van der Waals surface area contributed by atoms with Crippen LogP contribution in [0.25, 0.3) is 6.08 Å². The van der Waals surface area contributed by atoms with Crippen LogP contribution in [0.1, 0.15) is 21.5 Å². The number of methoxy groups -OCH3 is 1. The molecule has 1 N–H and O–H groups in total. The van der Waals surface area contributed by atoms with Crippen LogP contribution in [0.15, 0.2) is 76.8 Å². The Hall–Kier alpha value is -4.31. The number of imide groups is 2. The van der Waals surface area contributed by atoms with Crippen molar-refractivity contribution in [2.75, 3.05) is 12.0 Å². The standard InChI is InChI=1S/C26H18BrFN2O6/c1-35-25(33)17-6-8-19(9-7-17)30-24(32)20(23(31)29-26(30)34)12-15-5-10-22(21(27)13-15)36-14-16-3-2-4-18(28)11-16/h2-13H,14H2,1H3,(H,29,31,34)/b20-12+. The number of halogens is 2. The molecule has 0 bridgehead atoms. The predicted octanol–water partition coefficient (Wildman–Crippen LogP) is 4.62. The van der Waals surface area contributed by atoms with Crippen LogP contribution in [0, 0.1) is 5.82 Å². The number of anilines is 1. The van der Waals surface area contributed by atoms with Gasteiger partial charge in [-0.1, -0.05) is 18.2 Å². The van der Waals surface area contributed by atoms with Crippen LogP contribution in [0.3, 0.4) is 0 Å². The van der Waals surface area contributed by atoms with Gasteiger partial charge in [0.15, 0.2) is 0 Å². The second-order valence-corrected chi connectivity index (χ2v) is 8.46. The van der Waals surface area contributed by atoms with Gasteiger partial charge in [0.2, 0.25) is 0 Å². The lowest BCUT2D eigenvalue weighted by Crippen LogP contribution is -2.54. The topological polar surface area (TPSA) is 102 Å². The summed E-state index contributed by atoms with van der Waals surface area (Å²) in [6, 6.07) is 15.6. The number of nitrogens with zero attached hydrogens (tertiary/aromatic N) is 1. The summed E-state index contributed by atoms with van der Waals surface area (Å²) in [5.41, 5.74) is 1.30. The second kappa shape index (κ2) is 10.5. The Morgan fingerprint density at radius 3 is 2.47 bits per heavy atom. The van der Waals surface area contributed by atoms with Gasteiger partial charge in [-0.2, -0.15) is 0 Å². The molecule has 3 aromatic rings. The van der Waals surface area contributed by atoms with Gasteiger partial charge >= 0.3 is 12.0 Å². The van der Waals surface area contributed by atoms with Crippen molar-refractivity contribution in [3.8, 4) is 5.75 Å². The van der Waals surface area contributed by atoms with E-state index in [1.807, 2.05) is 0 Å². The molecule has 0 radical (unpaired) electrons. The van der Waals surface area contributed by atoms with Gasteiger partial charge in [-0.15, -0.1) is 0 Å². The van der Waals surface area contributed by atoms with Crippen LogP contribution in [0.4, 0.5) is 14.9 Å². The highest BCUT2D eigenvalue weighted by Gasteiger charge is 2.36. The van der Waals surface area contributed by atoms with Crippen molar-refractivity contribution in [1.82, 2.24) is 5.32 Å². The van der Waals surface area contributed by atoms with Crippen LogP contribution >= 0.6 is 15.9 Å². The smallest absolute Gasteiger partial charge is 0.337 e. The van der Waals surface area contributed by atoms with Gasteiger partial charge in [0.05, 0.1) is 22.8 Å². The Bertz CT molecular complexity index is 1400. The zero-order valence-corrected chi connectivity index (χ0v) is 20.4. The van der Waals surface area contributed by atoms with E-state index in [4.69, 9.17) is 4.74 Å². The molecule has 182 valence electrons. The molecule has 1 saturated heterocycles. The molecule has 0 unspecified atom stereocenters. The molecular formula is C26H18BrFN2O6. The number of carbonyl (C=O) groups excluding carboxylic acids is 4. The molecule has 1 aliphatic rings. The third-order valence-corrected chi connectivity index (χ3v) is 5.82. The minimum Gasteiger partial charge on any atom is -0.488 e. The summed E-state index contributed by atoms with van der Waals surface area (Å²) >= 11 is 3.40. The van der Waals surface area contributed by atoms with E-state index < -0.39 is 23.8 Å². The first-order valence-electron chi connectivity index (χ1n) is 10.5. The molecule has 0 spiro atoms. The molecule has 0 atom stereocenters. The van der Waals surface area contributed by atoms with Crippen LogP contribution in [-0.4, -0.2) is 30.9 Å². The number of benzene rings is 3. The molecule has 36 heavy (non-hydrogen) atoms. The first-order valence-corrected chi connectivity index (χ1v) is 11.3. The van der Waals surface area contributed by atoms with Gasteiger partial charge < -0.3 is 9.47 Å². The summed E-state index contributed by atoms with van der Waals surface area (Å²) in [4.78, 5) is 50.4. The number of hydrogen-bond acceptors (Lipinski definition) is 6. The number of amides is 4. The minimum atomic E-state index is -0.907. The van der Waals surface area contributed by atoms with Crippen molar-refractivity contribution < 1.29 is 33.0 Å². The second-order valence-electron chi connectivity index (χ2n) is 7.60. The number of esters is 1. The lowest BCUT2D eigenvalue weighted by atomic mass is 10.1. The molecule has 8 nitrogen and oxygen atoms in total. The lowest BCUT2D eigenvalue weighted by molar-refractivity contribution is -0.122. The quantitative estimate of drug-likeness (QED) is 0.272. The summed E-state index contributed by atoms with van der Waals surface area (Å²) in [5.74, 6) is -2.12. The van der Waals surface area contributed by atoms with E-state index in [2.05, 4.69) is 26.0 Å². The molecule has 4 amide bonds. The molecule has 3 aromatic carbocycles. The third-order valence-electron chi connectivity index (χ3n) is 5.20. The normalized spacial score (nSPS) is 14.6. The Labute approximate surface area is 213 Å². The van der Waals surface area contributed by atoms with E-state index in [1.54, 1.807) is 30.3 Å². The fraction of sp³-hybridized carbons (Fsp3) is 0.0769. The van der Waals surface area contributed by atoms with E-state index in [-0.39, 0.29) is 29.2 Å². The van der Waals surface area contributed by atoms with Crippen molar-refractivity contribution in [2.24, 2.45) is 0 Å². The first kappa shape index (κ1) is 24.8. The van der Waals surface area contributed by atoms with E-state index in [1.165, 1.54) is 49.6 Å². The fourth-order valence-corrected chi connectivity index (χ4v) is 3.95. The van der Waals surface area contributed by atoms with Crippen molar-refractivity contribution >= 4 is 51.5 Å². The Morgan fingerprint density at radius 1 is 1.06 bits per heavy atom. The van der Waals surface area contributed by atoms with Gasteiger partial charge in [-0.05, 0) is 81.7 Å². The zero-order valence-electron chi connectivity index (χ0n) is 18.8. The van der Waals surface area contributed by atoms with Gasteiger partial charge in [0.1, 0.15) is 23.7 Å². The summed E-state index contributed by atoms with van der Waals surface area (Å²) in [5, 5.41) is 2.15. The van der Waals surface area contributed by atoms with E-state index in [9.17, 15) is 23.6 Å². The maximum atomic E-state index is 13.4. The third kappa shape index (κ3) is 5.33. The number of rotatable bonds is 6. The van der Waals surface area contributed by atoms with Crippen LogP contribution < -0.4 is 15.0 Å². The fourth-order valence-electron chi connectivity index (χ4n) is 3.43. The van der Waals surface area contributed by atoms with Crippen LogP contribution in [0.2, 0.25) is 0 Å². The van der Waals surface area contributed by atoms with Crippen molar-refractivity contribution in [3.05, 3.63) is 99.3 Å². The van der Waals surface area contributed by atoms with Gasteiger partial charge in [-0.25, -0.2) is 18.9 Å². The van der Waals surface area contributed by atoms with Gasteiger partial charge in [-0.3, -0.25) is 14.9 Å². The number of carbonyl (C=O) groups is 4. The van der Waals surface area contributed by atoms with Gasteiger partial charge in [0.25, 0.3) is 11.8 Å². The Balaban J connectivity index is 1.55. The van der Waals surface area contributed by atoms with Crippen molar-refractivity contribution in [1.29, 1.82) is 0 Å². The average molecular weight is 553 g/mol. The van der Waals surface area contributed by atoms with Crippen LogP contribution in [-0.2, 0) is 20.9 Å². The molecule has 1 fully saturated rings. The Morgan fingerprint density at radius 2 is 1.81 bits per heavy atom. The number of hydrogen-bond donors (Lipinski definition) is 1. The Kier molecular flexibility index (Phi) is 7.25. The van der Waals surface area contributed by atoms with Crippen LogP contribution in [0.5, 0.6) is 5.75 Å². The SMILES string of the molecule is COC(=O)c1ccc(N2C(=O)NC(=O)/C(=C\c3ccc(OCc4cccc(F)c4)c(Br)c3)C2=O)cc1. The van der Waals surface area contributed by atoms with Crippen molar-refractivity contribution in [2.45, 2.75) is 6.61 Å². The highest BCUT2D eigenvalue weighted by Crippen LogP contribution is 2.29. The molecule has 1 heterocycles. The summed E-state index contributed by atoms with van der Waals surface area (Å²) in [6.45, 7) is 0.142. The van der Waals surface area contributed by atoms with E-state index >= 15 is 0 Å². The number of ether oxygens (including phenoxy) is 2. The largest absolute Gasteiger partial charge is 0.488 e. The maximum Gasteiger partial charge on any atom is 0.337 e. The highest BCUT2D eigenvalue weighted by molar-refractivity contribution is 9.10. The molecular weight excluding hydrogens is 535 g/mol. The number of urea groups is 1. The monoisotopic (exact) mass is 552 g/mol. The average Bonchev–Trinajstić information content (AvgIpc) is 2.86. The predicted molar refractivity (Wildman–Crippen MR) is 132 cm³/mol. The molecule has 0 saturated carbocycles. The number of barbiturate groups is 1.